The summed E-state index contributed by atoms with van der Waals surface area (Å²) in [6.07, 6.45) is 3.54. The van der Waals surface area contributed by atoms with Gasteiger partial charge in [0.15, 0.2) is 11.5 Å². The predicted octanol–water partition coefficient (Wildman–Crippen LogP) is 1.75. The highest BCUT2D eigenvalue weighted by Crippen LogP contribution is 2.28. The first kappa shape index (κ1) is 12.2. The molecule has 0 aliphatic heterocycles. The van der Waals surface area contributed by atoms with Crippen LogP contribution < -0.4 is 5.32 Å². The molecule has 1 aliphatic rings. The van der Waals surface area contributed by atoms with E-state index in [1.807, 2.05) is 6.07 Å². The molecule has 1 fully saturated rings. The Morgan fingerprint density at radius 3 is 2.88 bits per heavy atom. The summed E-state index contributed by atoms with van der Waals surface area (Å²) in [5.41, 5.74) is 0.728. The minimum atomic E-state index is -0.0644. The number of aromatic hydroxyl groups is 2. The monoisotopic (exact) mass is 237 g/mol. The number of phenolic OH excluding ortho intramolecular Hbond substituents is 2. The first-order valence-corrected chi connectivity index (χ1v) is 5.96. The van der Waals surface area contributed by atoms with Crippen molar-refractivity contribution in [3.63, 3.8) is 0 Å². The van der Waals surface area contributed by atoms with Gasteiger partial charge >= 0.3 is 0 Å². The van der Waals surface area contributed by atoms with Crippen molar-refractivity contribution in [2.24, 2.45) is 0 Å². The zero-order valence-electron chi connectivity index (χ0n) is 10.0. The van der Waals surface area contributed by atoms with Gasteiger partial charge in [-0.15, -0.1) is 0 Å². The normalized spacial score (nSPS) is 24.1. The summed E-state index contributed by atoms with van der Waals surface area (Å²) in [6, 6.07) is 5.46. The van der Waals surface area contributed by atoms with Crippen molar-refractivity contribution in [2.45, 2.75) is 38.0 Å². The lowest BCUT2D eigenvalue weighted by Gasteiger charge is -2.13. The maximum Gasteiger partial charge on any atom is 0.161 e. The number of hydrogen-bond donors (Lipinski definition) is 3. The summed E-state index contributed by atoms with van der Waals surface area (Å²) in [5, 5.41) is 22.4. The van der Waals surface area contributed by atoms with Gasteiger partial charge < -0.3 is 20.3 Å². The van der Waals surface area contributed by atoms with E-state index in [1.54, 1.807) is 13.2 Å². The molecule has 17 heavy (non-hydrogen) atoms. The average Bonchev–Trinajstić information content (AvgIpc) is 2.79. The van der Waals surface area contributed by atoms with Crippen molar-refractivity contribution in [3.05, 3.63) is 23.8 Å². The van der Waals surface area contributed by atoms with Crippen molar-refractivity contribution in [2.75, 3.05) is 7.11 Å². The third-order valence-electron chi connectivity index (χ3n) is 3.40. The quantitative estimate of drug-likeness (QED) is 0.698. The molecule has 1 saturated carbocycles. The molecule has 0 bridgehead atoms. The number of para-hydroxylation sites is 1. The number of nitrogens with one attached hydrogen (secondary N) is 1. The molecule has 0 aromatic heterocycles. The molecule has 1 aliphatic carbocycles. The molecule has 0 spiro atoms. The Morgan fingerprint density at radius 2 is 2.18 bits per heavy atom. The molecule has 2 unspecified atom stereocenters. The lowest BCUT2D eigenvalue weighted by atomic mass is 10.1. The van der Waals surface area contributed by atoms with E-state index in [1.165, 1.54) is 6.07 Å². The summed E-state index contributed by atoms with van der Waals surface area (Å²) in [6.45, 7) is 0.571. The molecule has 0 amide bonds. The fourth-order valence-corrected chi connectivity index (χ4v) is 2.31. The van der Waals surface area contributed by atoms with Crippen molar-refractivity contribution in [1.29, 1.82) is 0 Å². The van der Waals surface area contributed by atoms with E-state index < -0.39 is 0 Å². The molecule has 0 heterocycles. The number of ether oxygens (including phenoxy) is 1. The van der Waals surface area contributed by atoms with Gasteiger partial charge in [-0.2, -0.15) is 0 Å². The van der Waals surface area contributed by atoms with Gasteiger partial charge in [0.2, 0.25) is 0 Å². The Balaban J connectivity index is 1.88. The van der Waals surface area contributed by atoms with Gasteiger partial charge in [-0.3, -0.25) is 0 Å². The van der Waals surface area contributed by atoms with E-state index in [0.717, 1.165) is 24.8 Å². The Morgan fingerprint density at radius 1 is 1.35 bits per heavy atom. The van der Waals surface area contributed by atoms with Gasteiger partial charge in [-0.05, 0) is 25.3 Å². The first-order valence-electron chi connectivity index (χ1n) is 5.96. The molecule has 1 aromatic rings. The minimum absolute atomic E-state index is 0.0266. The van der Waals surface area contributed by atoms with Crippen LogP contribution in [0, 0.1) is 0 Å². The van der Waals surface area contributed by atoms with Gasteiger partial charge in [0, 0.05) is 25.3 Å². The van der Waals surface area contributed by atoms with Crippen LogP contribution in [0.1, 0.15) is 24.8 Å². The van der Waals surface area contributed by atoms with Crippen LogP contribution in [0.2, 0.25) is 0 Å². The molecule has 3 N–H and O–H groups in total. The van der Waals surface area contributed by atoms with Crippen LogP contribution in [-0.4, -0.2) is 29.5 Å². The van der Waals surface area contributed by atoms with Crippen LogP contribution in [0.15, 0.2) is 18.2 Å². The molecular weight excluding hydrogens is 218 g/mol. The van der Waals surface area contributed by atoms with Crippen LogP contribution in [0.3, 0.4) is 0 Å². The van der Waals surface area contributed by atoms with Crippen LogP contribution in [0.5, 0.6) is 11.5 Å². The second kappa shape index (κ2) is 5.38. The highest BCUT2D eigenvalue weighted by molar-refractivity contribution is 5.44. The zero-order valence-corrected chi connectivity index (χ0v) is 10.0. The number of methoxy groups -OCH3 is 1. The summed E-state index contributed by atoms with van der Waals surface area (Å²) >= 11 is 0. The topological polar surface area (TPSA) is 61.7 Å². The van der Waals surface area contributed by atoms with Crippen molar-refractivity contribution < 1.29 is 14.9 Å². The van der Waals surface area contributed by atoms with E-state index in [4.69, 9.17) is 4.74 Å². The lowest BCUT2D eigenvalue weighted by molar-refractivity contribution is 0.107. The predicted molar refractivity (Wildman–Crippen MR) is 65.0 cm³/mol. The fourth-order valence-electron chi connectivity index (χ4n) is 2.31. The van der Waals surface area contributed by atoms with Gasteiger partial charge in [-0.25, -0.2) is 0 Å². The highest BCUT2D eigenvalue weighted by atomic mass is 16.5. The maximum absolute atomic E-state index is 9.65. The molecular formula is C13H19NO3. The van der Waals surface area contributed by atoms with Crippen molar-refractivity contribution >= 4 is 0 Å². The second-order valence-electron chi connectivity index (χ2n) is 4.53. The van der Waals surface area contributed by atoms with E-state index in [2.05, 4.69) is 5.32 Å². The largest absolute Gasteiger partial charge is 0.504 e. The molecule has 0 saturated heterocycles. The van der Waals surface area contributed by atoms with Crippen LogP contribution in [-0.2, 0) is 11.3 Å². The van der Waals surface area contributed by atoms with E-state index in [-0.39, 0.29) is 11.5 Å². The Labute approximate surface area is 101 Å². The Kier molecular flexibility index (Phi) is 3.86. The summed E-state index contributed by atoms with van der Waals surface area (Å²) in [4.78, 5) is 0. The number of rotatable bonds is 4. The SMILES string of the molecule is COC1CCC(NCc2cccc(O)c2O)C1. The standard InChI is InChI=1S/C13H19NO3/c1-17-11-6-5-10(7-11)14-8-9-3-2-4-12(15)13(9)16/h2-4,10-11,14-16H,5-8H2,1H3. The molecule has 94 valence electrons. The maximum atomic E-state index is 9.65. The van der Waals surface area contributed by atoms with Gasteiger partial charge in [0.05, 0.1) is 6.10 Å². The zero-order chi connectivity index (χ0) is 12.3. The molecule has 4 heteroatoms. The van der Waals surface area contributed by atoms with Crippen LogP contribution >= 0.6 is 0 Å². The van der Waals surface area contributed by atoms with Gasteiger partial charge in [-0.1, -0.05) is 12.1 Å². The molecule has 4 nitrogen and oxygen atoms in total. The molecule has 2 rings (SSSR count). The summed E-state index contributed by atoms with van der Waals surface area (Å²) in [7, 11) is 1.74. The third-order valence-corrected chi connectivity index (χ3v) is 3.40. The fraction of sp³-hybridized carbons (Fsp3) is 0.538. The molecule has 1 aromatic carbocycles. The van der Waals surface area contributed by atoms with Crippen molar-refractivity contribution in [1.82, 2.24) is 5.32 Å². The Bertz CT molecular complexity index is 381. The van der Waals surface area contributed by atoms with E-state index >= 15 is 0 Å². The minimum Gasteiger partial charge on any atom is -0.504 e. The average molecular weight is 237 g/mol. The van der Waals surface area contributed by atoms with Crippen molar-refractivity contribution in [3.8, 4) is 11.5 Å². The second-order valence-corrected chi connectivity index (χ2v) is 4.53. The van der Waals surface area contributed by atoms with Crippen LogP contribution in [0.4, 0.5) is 0 Å². The summed E-state index contributed by atoms with van der Waals surface area (Å²) < 4.78 is 5.31. The number of phenols is 2. The number of hydrogen-bond acceptors (Lipinski definition) is 4. The first-order chi connectivity index (χ1) is 8.20. The van der Waals surface area contributed by atoms with Crippen LogP contribution in [0.25, 0.3) is 0 Å². The lowest BCUT2D eigenvalue weighted by Crippen LogP contribution is -2.26. The summed E-state index contributed by atoms with van der Waals surface area (Å²) in [5.74, 6) is -0.0909. The highest BCUT2D eigenvalue weighted by Gasteiger charge is 2.23. The van der Waals surface area contributed by atoms with E-state index in [9.17, 15) is 10.2 Å². The molecule has 2 atom stereocenters. The number of benzene rings is 1. The smallest absolute Gasteiger partial charge is 0.161 e. The Hall–Kier alpha value is -1.26. The van der Waals surface area contributed by atoms with Gasteiger partial charge in [0.25, 0.3) is 0 Å². The third kappa shape index (κ3) is 2.90. The molecule has 0 radical (unpaired) electrons. The van der Waals surface area contributed by atoms with Gasteiger partial charge in [0.1, 0.15) is 0 Å². The van der Waals surface area contributed by atoms with E-state index in [0.29, 0.717) is 18.7 Å².